The SMILES string of the molecule is CCCNC(C#N)c1cccc(OC(C)C)c1. The summed E-state index contributed by atoms with van der Waals surface area (Å²) in [5.74, 6) is 0.816. The van der Waals surface area contributed by atoms with Crippen LogP contribution in [0.4, 0.5) is 0 Å². The van der Waals surface area contributed by atoms with Crippen molar-refractivity contribution in [3.8, 4) is 11.8 Å². The number of nitrogens with one attached hydrogen (secondary N) is 1. The van der Waals surface area contributed by atoms with Gasteiger partial charge in [0.05, 0.1) is 12.2 Å². The summed E-state index contributed by atoms with van der Waals surface area (Å²) in [6, 6.07) is 9.72. The first kappa shape index (κ1) is 13.5. The van der Waals surface area contributed by atoms with Gasteiger partial charge >= 0.3 is 0 Å². The summed E-state index contributed by atoms with van der Waals surface area (Å²) in [6.45, 7) is 6.90. The summed E-state index contributed by atoms with van der Waals surface area (Å²) < 4.78 is 5.62. The highest BCUT2D eigenvalue weighted by Crippen LogP contribution is 2.19. The van der Waals surface area contributed by atoms with Gasteiger partial charge in [-0.05, 0) is 44.5 Å². The Balaban J connectivity index is 2.78. The van der Waals surface area contributed by atoms with Gasteiger partial charge in [0.15, 0.2) is 0 Å². The van der Waals surface area contributed by atoms with E-state index in [1.807, 2.05) is 38.1 Å². The van der Waals surface area contributed by atoms with Gasteiger partial charge in [-0.2, -0.15) is 5.26 Å². The molecule has 0 amide bonds. The Bertz CT molecular complexity index is 382. The van der Waals surface area contributed by atoms with Crippen LogP contribution in [0, 0.1) is 11.3 Å². The lowest BCUT2D eigenvalue weighted by Gasteiger charge is -2.14. The predicted octanol–water partition coefficient (Wildman–Crippen LogP) is 3.04. The molecule has 1 aromatic rings. The van der Waals surface area contributed by atoms with Crippen molar-refractivity contribution in [1.82, 2.24) is 5.32 Å². The van der Waals surface area contributed by atoms with E-state index in [9.17, 15) is 0 Å². The number of nitriles is 1. The van der Waals surface area contributed by atoms with Crippen LogP contribution in [-0.2, 0) is 0 Å². The molecule has 0 heterocycles. The molecule has 0 aliphatic heterocycles. The van der Waals surface area contributed by atoms with Crippen LogP contribution in [0.2, 0.25) is 0 Å². The fourth-order valence-electron chi connectivity index (χ4n) is 1.57. The lowest BCUT2D eigenvalue weighted by molar-refractivity contribution is 0.242. The van der Waals surface area contributed by atoms with Crippen molar-refractivity contribution in [2.24, 2.45) is 0 Å². The standard InChI is InChI=1S/C14H20N2O/c1-4-8-16-14(10-15)12-6-5-7-13(9-12)17-11(2)3/h5-7,9,11,14,16H,4,8H2,1-3H3. The summed E-state index contributed by atoms with van der Waals surface area (Å²) in [4.78, 5) is 0. The number of rotatable bonds is 6. The van der Waals surface area contributed by atoms with E-state index in [1.165, 1.54) is 0 Å². The quantitative estimate of drug-likeness (QED) is 0.820. The molecule has 0 fully saturated rings. The third-order valence-corrected chi connectivity index (χ3v) is 2.29. The van der Waals surface area contributed by atoms with E-state index in [4.69, 9.17) is 10.00 Å². The Kier molecular flexibility index (Phi) is 5.51. The Hall–Kier alpha value is -1.53. The highest BCUT2D eigenvalue weighted by molar-refractivity contribution is 5.33. The molecular weight excluding hydrogens is 212 g/mol. The third kappa shape index (κ3) is 4.46. The molecule has 1 unspecified atom stereocenters. The molecule has 0 aromatic heterocycles. The Labute approximate surface area is 103 Å². The number of benzene rings is 1. The van der Waals surface area contributed by atoms with E-state index in [0.717, 1.165) is 24.3 Å². The molecule has 3 nitrogen and oxygen atoms in total. The average molecular weight is 232 g/mol. The first-order valence-corrected chi connectivity index (χ1v) is 6.07. The largest absolute Gasteiger partial charge is 0.491 e. The predicted molar refractivity (Wildman–Crippen MR) is 68.9 cm³/mol. The van der Waals surface area contributed by atoms with E-state index in [-0.39, 0.29) is 12.1 Å². The van der Waals surface area contributed by atoms with Crippen molar-refractivity contribution in [3.05, 3.63) is 29.8 Å². The summed E-state index contributed by atoms with van der Waals surface area (Å²) in [5.41, 5.74) is 0.958. The molecular formula is C14H20N2O. The van der Waals surface area contributed by atoms with Crippen LogP contribution in [0.3, 0.4) is 0 Å². The fourth-order valence-corrected chi connectivity index (χ4v) is 1.57. The monoisotopic (exact) mass is 232 g/mol. The first-order valence-electron chi connectivity index (χ1n) is 6.07. The molecule has 1 N–H and O–H groups in total. The Morgan fingerprint density at radius 3 is 2.76 bits per heavy atom. The maximum atomic E-state index is 9.13. The molecule has 0 saturated heterocycles. The van der Waals surface area contributed by atoms with Crippen molar-refractivity contribution in [2.45, 2.75) is 39.3 Å². The fraction of sp³-hybridized carbons (Fsp3) is 0.500. The second-order valence-electron chi connectivity index (χ2n) is 4.26. The Morgan fingerprint density at radius 2 is 2.18 bits per heavy atom. The van der Waals surface area contributed by atoms with Crippen molar-refractivity contribution in [3.63, 3.8) is 0 Å². The van der Waals surface area contributed by atoms with Gasteiger partial charge < -0.3 is 4.74 Å². The third-order valence-electron chi connectivity index (χ3n) is 2.29. The van der Waals surface area contributed by atoms with Crippen LogP contribution < -0.4 is 10.1 Å². The molecule has 0 aliphatic rings. The van der Waals surface area contributed by atoms with Gasteiger partial charge in [0.25, 0.3) is 0 Å². The van der Waals surface area contributed by atoms with Crippen molar-refractivity contribution < 1.29 is 4.74 Å². The summed E-state index contributed by atoms with van der Waals surface area (Å²) in [6.07, 6.45) is 1.16. The van der Waals surface area contributed by atoms with Crippen LogP contribution in [0.1, 0.15) is 38.8 Å². The molecule has 1 atom stereocenters. The zero-order valence-electron chi connectivity index (χ0n) is 10.7. The molecule has 0 aliphatic carbocycles. The highest BCUT2D eigenvalue weighted by atomic mass is 16.5. The normalized spacial score (nSPS) is 12.2. The molecule has 1 aromatic carbocycles. The van der Waals surface area contributed by atoms with Crippen LogP contribution in [0.25, 0.3) is 0 Å². The molecule has 0 radical (unpaired) electrons. The maximum Gasteiger partial charge on any atom is 0.121 e. The van der Waals surface area contributed by atoms with Crippen molar-refractivity contribution >= 4 is 0 Å². The minimum absolute atomic E-state index is 0.148. The molecule has 0 spiro atoms. The Morgan fingerprint density at radius 1 is 1.41 bits per heavy atom. The highest BCUT2D eigenvalue weighted by Gasteiger charge is 2.10. The zero-order chi connectivity index (χ0) is 12.7. The van der Waals surface area contributed by atoms with Crippen LogP contribution in [0.5, 0.6) is 5.75 Å². The number of hydrogen-bond donors (Lipinski definition) is 1. The van der Waals surface area contributed by atoms with E-state index in [0.29, 0.717) is 0 Å². The van der Waals surface area contributed by atoms with E-state index >= 15 is 0 Å². The van der Waals surface area contributed by atoms with Gasteiger partial charge in [-0.25, -0.2) is 0 Å². The number of ether oxygens (including phenoxy) is 1. The zero-order valence-corrected chi connectivity index (χ0v) is 10.7. The molecule has 3 heteroatoms. The lowest BCUT2D eigenvalue weighted by Crippen LogP contribution is -2.20. The van der Waals surface area contributed by atoms with Crippen molar-refractivity contribution in [1.29, 1.82) is 5.26 Å². The minimum atomic E-state index is -0.259. The van der Waals surface area contributed by atoms with Crippen LogP contribution >= 0.6 is 0 Å². The average Bonchev–Trinajstić information content (AvgIpc) is 2.30. The lowest BCUT2D eigenvalue weighted by atomic mass is 10.1. The molecule has 0 saturated carbocycles. The van der Waals surface area contributed by atoms with Gasteiger partial charge in [0.1, 0.15) is 11.8 Å². The summed E-state index contributed by atoms with van der Waals surface area (Å²) >= 11 is 0. The van der Waals surface area contributed by atoms with E-state index in [1.54, 1.807) is 0 Å². The van der Waals surface area contributed by atoms with Crippen LogP contribution in [-0.4, -0.2) is 12.6 Å². The van der Waals surface area contributed by atoms with Crippen molar-refractivity contribution in [2.75, 3.05) is 6.54 Å². The van der Waals surface area contributed by atoms with Gasteiger partial charge in [-0.15, -0.1) is 0 Å². The maximum absolute atomic E-state index is 9.13. The van der Waals surface area contributed by atoms with Gasteiger partial charge in [0, 0.05) is 0 Å². The molecule has 0 bridgehead atoms. The van der Waals surface area contributed by atoms with Gasteiger partial charge in [0.2, 0.25) is 0 Å². The van der Waals surface area contributed by atoms with Gasteiger partial charge in [-0.1, -0.05) is 19.1 Å². The second kappa shape index (κ2) is 6.93. The topological polar surface area (TPSA) is 45.0 Å². The smallest absolute Gasteiger partial charge is 0.121 e. The summed E-state index contributed by atoms with van der Waals surface area (Å²) in [5, 5.41) is 12.3. The molecule has 92 valence electrons. The van der Waals surface area contributed by atoms with E-state index < -0.39 is 0 Å². The van der Waals surface area contributed by atoms with Gasteiger partial charge in [-0.3, -0.25) is 5.32 Å². The molecule has 1 rings (SSSR count). The number of hydrogen-bond acceptors (Lipinski definition) is 3. The second-order valence-corrected chi connectivity index (χ2v) is 4.26. The summed E-state index contributed by atoms with van der Waals surface area (Å²) in [7, 11) is 0. The number of nitrogens with zero attached hydrogens (tertiary/aromatic N) is 1. The minimum Gasteiger partial charge on any atom is -0.491 e. The van der Waals surface area contributed by atoms with E-state index in [2.05, 4.69) is 18.3 Å². The first-order chi connectivity index (χ1) is 8.17. The molecule has 17 heavy (non-hydrogen) atoms. The van der Waals surface area contributed by atoms with Crippen LogP contribution in [0.15, 0.2) is 24.3 Å².